The van der Waals surface area contributed by atoms with Crippen LogP contribution in [0, 0.1) is 0 Å². The standard InChI is InChI=1S/C22H17F3N2O5/c23-22(24,25)15-9-10-20(29)27(12-15)13-21(30)31-14-19(28)26-16-5-4-8-18(11-16)32-17-6-2-1-3-7-17/h1-12H,13-14H2,(H,26,28). The summed E-state index contributed by atoms with van der Waals surface area (Å²) in [4.78, 5) is 35.6. The lowest BCUT2D eigenvalue weighted by Crippen LogP contribution is -2.28. The Balaban J connectivity index is 1.54. The average molecular weight is 446 g/mol. The summed E-state index contributed by atoms with van der Waals surface area (Å²) >= 11 is 0. The van der Waals surface area contributed by atoms with Crippen LogP contribution >= 0.6 is 0 Å². The highest BCUT2D eigenvalue weighted by atomic mass is 19.4. The van der Waals surface area contributed by atoms with Crippen LogP contribution in [-0.2, 0) is 27.0 Å². The monoisotopic (exact) mass is 446 g/mol. The fourth-order valence-electron chi connectivity index (χ4n) is 2.61. The number of aromatic nitrogens is 1. The summed E-state index contributed by atoms with van der Waals surface area (Å²) in [5.41, 5.74) is -1.51. The van der Waals surface area contributed by atoms with Crippen LogP contribution in [-0.4, -0.2) is 23.1 Å². The van der Waals surface area contributed by atoms with Crippen LogP contribution in [0.15, 0.2) is 77.7 Å². The quantitative estimate of drug-likeness (QED) is 0.558. The van der Waals surface area contributed by atoms with E-state index in [0.29, 0.717) is 40.1 Å². The van der Waals surface area contributed by atoms with Gasteiger partial charge in [-0.2, -0.15) is 13.2 Å². The molecule has 0 aliphatic rings. The van der Waals surface area contributed by atoms with Crippen molar-refractivity contribution in [2.75, 3.05) is 11.9 Å². The molecule has 0 spiro atoms. The molecule has 1 amide bonds. The lowest BCUT2D eigenvalue weighted by atomic mass is 10.3. The summed E-state index contributed by atoms with van der Waals surface area (Å²) in [6.07, 6.45) is -4.15. The van der Waals surface area contributed by atoms with Crippen molar-refractivity contribution in [1.29, 1.82) is 0 Å². The number of carbonyl (C=O) groups excluding carboxylic acids is 2. The smallest absolute Gasteiger partial charge is 0.417 e. The molecule has 0 saturated heterocycles. The van der Waals surface area contributed by atoms with Crippen LogP contribution in [0.3, 0.4) is 0 Å². The minimum absolute atomic E-state index is 0.383. The highest BCUT2D eigenvalue weighted by molar-refractivity contribution is 5.92. The van der Waals surface area contributed by atoms with Crippen molar-refractivity contribution in [2.45, 2.75) is 12.7 Å². The minimum Gasteiger partial charge on any atom is -0.457 e. The SMILES string of the molecule is O=C(COC(=O)Cn1cc(C(F)(F)F)ccc1=O)Nc1cccc(Oc2ccccc2)c1. The molecule has 10 heteroatoms. The van der Waals surface area contributed by atoms with Gasteiger partial charge in [0, 0.05) is 24.0 Å². The normalized spacial score (nSPS) is 11.0. The van der Waals surface area contributed by atoms with Gasteiger partial charge in [-0.15, -0.1) is 0 Å². The number of nitrogens with zero attached hydrogens (tertiary/aromatic N) is 1. The highest BCUT2D eigenvalue weighted by Crippen LogP contribution is 2.28. The van der Waals surface area contributed by atoms with Gasteiger partial charge in [0.2, 0.25) is 0 Å². The van der Waals surface area contributed by atoms with Crippen molar-refractivity contribution >= 4 is 17.6 Å². The zero-order chi connectivity index (χ0) is 23.1. The van der Waals surface area contributed by atoms with E-state index < -0.39 is 42.3 Å². The molecular formula is C22H17F3N2O5. The Kier molecular flexibility index (Phi) is 6.93. The second-order valence-electron chi connectivity index (χ2n) is 6.53. The number of hydrogen-bond acceptors (Lipinski definition) is 5. The number of rotatable bonds is 7. The molecule has 0 unspecified atom stereocenters. The minimum atomic E-state index is -4.67. The number of nitrogens with one attached hydrogen (secondary N) is 1. The van der Waals surface area contributed by atoms with E-state index in [1.165, 1.54) is 0 Å². The summed E-state index contributed by atoms with van der Waals surface area (Å²) in [5, 5.41) is 2.51. The highest BCUT2D eigenvalue weighted by Gasteiger charge is 2.31. The topological polar surface area (TPSA) is 86.6 Å². The Morgan fingerprint density at radius 3 is 2.38 bits per heavy atom. The van der Waals surface area contributed by atoms with Crippen molar-refractivity contribution in [1.82, 2.24) is 4.57 Å². The Labute approximate surface area is 180 Å². The first-order valence-corrected chi connectivity index (χ1v) is 9.27. The predicted molar refractivity (Wildman–Crippen MR) is 108 cm³/mol. The van der Waals surface area contributed by atoms with Crippen LogP contribution in [0.5, 0.6) is 11.5 Å². The molecule has 0 radical (unpaired) electrons. The Bertz CT molecular complexity index is 1160. The van der Waals surface area contributed by atoms with Crippen LogP contribution in [0.25, 0.3) is 0 Å². The number of carbonyl (C=O) groups is 2. The molecule has 3 rings (SSSR count). The molecule has 7 nitrogen and oxygen atoms in total. The van der Waals surface area contributed by atoms with Gasteiger partial charge in [-0.25, -0.2) is 0 Å². The van der Waals surface area contributed by atoms with Crippen molar-refractivity contribution in [3.8, 4) is 11.5 Å². The summed E-state index contributed by atoms with van der Waals surface area (Å²) in [7, 11) is 0. The second-order valence-corrected chi connectivity index (χ2v) is 6.53. The van der Waals surface area contributed by atoms with Gasteiger partial charge in [-0.3, -0.25) is 14.4 Å². The average Bonchev–Trinajstić information content (AvgIpc) is 2.74. The predicted octanol–water partition coefficient (Wildman–Crippen LogP) is 3.84. The van der Waals surface area contributed by atoms with E-state index in [1.54, 1.807) is 36.4 Å². The molecule has 1 aromatic heterocycles. The van der Waals surface area contributed by atoms with Gasteiger partial charge in [0.1, 0.15) is 18.0 Å². The van der Waals surface area contributed by atoms with Gasteiger partial charge in [0.15, 0.2) is 6.61 Å². The molecule has 0 aliphatic heterocycles. The molecule has 1 heterocycles. The number of anilines is 1. The maximum atomic E-state index is 12.8. The molecule has 0 bridgehead atoms. The molecule has 0 atom stereocenters. The van der Waals surface area contributed by atoms with Gasteiger partial charge in [0.05, 0.1) is 5.56 Å². The van der Waals surface area contributed by atoms with Crippen LogP contribution < -0.4 is 15.6 Å². The van der Waals surface area contributed by atoms with Crippen molar-refractivity contribution in [2.24, 2.45) is 0 Å². The maximum Gasteiger partial charge on any atom is 0.417 e. The lowest BCUT2D eigenvalue weighted by molar-refractivity contribution is -0.148. The third-order valence-electron chi connectivity index (χ3n) is 4.07. The number of ether oxygens (including phenoxy) is 2. The van der Waals surface area contributed by atoms with Gasteiger partial charge in [-0.05, 0) is 30.3 Å². The number of esters is 1. The van der Waals surface area contributed by atoms with Crippen LogP contribution in [0.2, 0.25) is 0 Å². The largest absolute Gasteiger partial charge is 0.457 e. The summed E-state index contributed by atoms with van der Waals surface area (Å²) in [6, 6.07) is 16.8. The second kappa shape index (κ2) is 9.82. The molecule has 1 N–H and O–H groups in total. The maximum absolute atomic E-state index is 12.8. The van der Waals surface area contributed by atoms with Gasteiger partial charge >= 0.3 is 12.1 Å². The fraction of sp³-hybridized carbons (Fsp3) is 0.136. The molecule has 0 saturated carbocycles. The molecule has 2 aromatic carbocycles. The first-order valence-electron chi connectivity index (χ1n) is 9.27. The first kappa shape index (κ1) is 22.6. The third kappa shape index (κ3) is 6.46. The van der Waals surface area contributed by atoms with E-state index in [2.05, 4.69) is 5.32 Å². The van der Waals surface area contributed by atoms with Crippen LogP contribution in [0.4, 0.5) is 18.9 Å². The van der Waals surface area contributed by atoms with Crippen molar-refractivity contribution < 1.29 is 32.2 Å². The van der Waals surface area contributed by atoms with Crippen molar-refractivity contribution in [3.63, 3.8) is 0 Å². The fourth-order valence-corrected chi connectivity index (χ4v) is 2.61. The molecule has 0 aliphatic carbocycles. The summed E-state index contributed by atoms with van der Waals surface area (Å²) in [6.45, 7) is -1.45. The number of halogens is 3. The van der Waals surface area contributed by atoms with E-state index in [9.17, 15) is 27.6 Å². The zero-order valence-corrected chi connectivity index (χ0v) is 16.5. The Hall–Kier alpha value is -4.08. The van der Waals surface area contributed by atoms with E-state index in [0.717, 1.165) is 0 Å². The molecule has 166 valence electrons. The number of amides is 1. The van der Waals surface area contributed by atoms with Gasteiger partial charge < -0.3 is 19.4 Å². The van der Waals surface area contributed by atoms with Crippen molar-refractivity contribution in [3.05, 3.63) is 88.8 Å². The van der Waals surface area contributed by atoms with E-state index in [-0.39, 0.29) is 0 Å². The number of para-hydroxylation sites is 1. The van der Waals surface area contributed by atoms with Gasteiger partial charge in [0.25, 0.3) is 11.5 Å². The molecule has 0 fully saturated rings. The number of hydrogen-bond donors (Lipinski definition) is 1. The Morgan fingerprint density at radius 2 is 1.66 bits per heavy atom. The molecule has 3 aromatic rings. The number of alkyl halides is 3. The molecule has 32 heavy (non-hydrogen) atoms. The lowest BCUT2D eigenvalue weighted by Gasteiger charge is -2.11. The van der Waals surface area contributed by atoms with E-state index >= 15 is 0 Å². The summed E-state index contributed by atoms with van der Waals surface area (Å²) in [5.74, 6) is -0.640. The molecular weight excluding hydrogens is 429 g/mol. The van der Waals surface area contributed by atoms with E-state index in [1.807, 2.05) is 18.2 Å². The summed E-state index contributed by atoms with van der Waals surface area (Å²) < 4.78 is 49.3. The zero-order valence-electron chi connectivity index (χ0n) is 16.5. The van der Waals surface area contributed by atoms with Crippen LogP contribution in [0.1, 0.15) is 5.56 Å². The first-order chi connectivity index (χ1) is 15.2. The number of benzene rings is 2. The van der Waals surface area contributed by atoms with Gasteiger partial charge in [-0.1, -0.05) is 24.3 Å². The number of pyridine rings is 1. The third-order valence-corrected chi connectivity index (χ3v) is 4.07. The Morgan fingerprint density at radius 1 is 0.938 bits per heavy atom. The van der Waals surface area contributed by atoms with E-state index in [4.69, 9.17) is 9.47 Å².